The fourth-order valence-electron chi connectivity index (χ4n) is 2.77. The molecule has 1 heterocycles. The summed E-state index contributed by atoms with van der Waals surface area (Å²) in [6, 6.07) is 11.3. The Bertz CT molecular complexity index is 1040. The van der Waals surface area contributed by atoms with Crippen LogP contribution in [0, 0.1) is 5.92 Å². The number of carbonyl (C=O) groups is 1. The average molecular weight is 427 g/mol. The largest absolute Gasteiger partial charge is 0.494 e. The molecule has 3 aromatic rings. The summed E-state index contributed by atoms with van der Waals surface area (Å²) in [5.41, 5.74) is 1.58. The molecule has 6 nitrogen and oxygen atoms in total. The maximum atomic E-state index is 12.3. The highest BCUT2D eigenvalue weighted by Gasteiger charge is 2.10. The van der Waals surface area contributed by atoms with Gasteiger partial charge in [0.25, 0.3) is 0 Å². The second-order valence-corrected chi connectivity index (χ2v) is 8.12. The van der Waals surface area contributed by atoms with Crippen LogP contribution in [0.25, 0.3) is 16.3 Å². The Morgan fingerprint density at radius 3 is 2.67 bits per heavy atom. The van der Waals surface area contributed by atoms with Crippen molar-refractivity contribution in [2.24, 2.45) is 5.92 Å². The van der Waals surface area contributed by atoms with E-state index in [1.54, 1.807) is 20.3 Å². The number of benzene rings is 2. The van der Waals surface area contributed by atoms with Crippen LogP contribution in [-0.2, 0) is 4.79 Å². The van der Waals surface area contributed by atoms with Gasteiger partial charge in [-0.15, -0.1) is 0 Å². The number of ether oxygens (including phenoxy) is 3. The molecule has 0 saturated carbocycles. The molecule has 0 aliphatic rings. The number of fused-ring (bicyclic) bond motifs is 1. The molecule has 0 spiro atoms. The number of methoxy groups -OCH3 is 2. The van der Waals surface area contributed by atoms with E-state index < -0.39 is 0 Å². The topological polar surface area (TPSA) is 69.7 Å². The van der Waals surface area contributed by atoms with Crippen molar-refractivity contribution < 1.29 is 19.0 Å². The van der Waals surface area contributed by atoms with Crippen LogP contribution in [0.15, 0.2) is 42.5 Å². The van der Waals surface area contributed by atoms with Gasteiger partial charge in [-0.3, -0.25) is 10.1 Å². The van der Waals surface area contributed by atoms with Crippen LogP contribution < -0.4 is 19.5 Å². The minimum absolute atomic E-state index is 0.260. The normalized spacial score (nSPS) is 11.2. The van der Waals surface area contributed by atoms with E-state index in [9.17, 15) is 4.79 Å². The molecule has 0 radical (unpaired) electrons. The molecule has 3 rings (SSSR count). The Morgan fingerprint density at radius 1 is 1.13 bits per heavy atom. The lowest BCUT2D eigenvalue weighted by atomic mass is 10.1. The molecule has 0 aliphatic heterocycles. The molecule has 1 amide bonds. The van der Waals surface area contributed by atoms with Crippen LogP contribution in [-0.4, -0.2) is 31.7 Å². The van der Waals surface area contributed by atoms with E-state index in [1.165, 1.54) is 17.4 Å². The van der Waals surface area contributed by atoms with Gasteiger partial charge in [0.15, 0.2) is 16.6 Å². The number of carbonyl (C=O) groups excluding carboxylic acids is 1. The van der Waals surface area contributed by atoms with Crippen LogP contribution >= 0.6 is 11.3 Å². The number of hydrogen-bond acceptors (Lipinski definition) is 6. The summed E-state index contributed by atoms with van der Waals surface area (Å²) in [5, 5.41) is 3.33. The lowest BCUT2D eigenvalue weighted by Crippen LogP contribution is -2.07. The lowest BCUT2D eigenvalue weighted by Gasteiger charge is -2.12. The number of aromatic nitrogens is 1. The maximum Gasteiger partial charge on any atom is 0.250 e. The number of hydrogen-bond donors (Lipinski definition) is 1. The first-order valence-electron chi connectivity index (χ1n) is 9.73. The predicted octanol–water partition coefficient (Wildman–Crippen LogP) is 5.39. The van der Waals surface area contributed by atoms with Crippen LogP contribution in [0.5, 0.6) is 17.2 Å². The number of nitrogens with one attached hydrogen (secondary N) is 1. The summed E-state index contributed by atoms with van der Waals surface area (Å²) < 4.78 is 17.5. The lowest BCUT2D eigenvalue weighted by molar-refractivity contribution is -0.111. The van der Waals surface area contributed by atoms with Crippen LogP contribution in [0.4, 0.5) is 5.13 Å². The minimum atomic E-state index is -0.260. The molecule has 0 fully saturated rings. The SMILES string of the molecule is COc1cc(/C=C/C(=O)Nc2nc3c(OC)cccc3s2)ccc1OCCC(C)C. The summed E-state index contributed by atoms with van der Waals surface area (Å²) in [6.45, 7) is 4.95. The highest BCUT2D eigenvalue weighted by molar-refractivity contribution is 7.22. The molecular weight excluding hydrogens is 400 g/mol. The number of rotatable bonds is 9. The summed E-state index contributed by atoms with van der Waals surface area (Å²) in [7, 11) is 3.20. The highest BCUT2D eigenvalue weighted by atomic mass is 32.1. The number of amides is 1. The second-order valence-electron chi connectivity index (χ2n) is 7.09. The fourth-order valence-corrected chi connectivity index (χ4v) is 3.66. The molecule has 0 aliphatic carbocycles. The zero-order valence-electron chi connectivity index (χ0n) is 17.6. The molecule has 2 aromatic carbocycles. The van der Waals surface area contributed by atoms with Crippen molar-refractivity contribution in [3.63, 3.8) is 0 Å². The number of para-hydroxylation sites is 1. The van der Waals surface area contributed by atoms with Gasteiger partial charge < -0.3 is 14.2 Å². The molecule has 1 N–H and O–H groups in total. The van der Waals surface area contributed by atoms with Crippen LogP contribution in [0.3, 0.4) is 0 Å². The van der Waals surface area contributed by atoms with Crippen molar-refractivity contribution in [1.29, 1.82) is 0 Å². The Hall–Kier alpha value is -3.06. The van der Waals surface area contributed by atoms with Gasteiger partial charge in [0, 0.05) is 6.08 Å². The van der Waals surface area contributed by atoms with E-state index in [2.05, 4.69) is 24.1 Å². The van der Waals surface area contributed by atoms with Crippen molar-refractivity contribution >= 4 is 38.7 Å². The molecular formula is C23H26N2O4S. The van der Waals surface area contributed by atoms with Gasteiger partial charge in [-0.05, 0) is 48.2 Å². The third kappa shape index (κ3) is 5.51. The summed E-state index contributed by atoms with van der Waals surface area (Å²) in [4.78, 5) is 16.8. The van der Waals surface area contributed by atoms with E-state index in [1.807, 2.05) is 36.4 Å². The van der Waals surface area contributed by atoms with Crippen molar-refractivity contribution in [1.82, 2.24) is 4.98 Å². The summed E-state index contributed by atoms with van der Waals surface area (Å²) in [6.07, 6.45) is 4.17. The number of nitrogens with zero attached hydrogens (tertiary/aromatic N) is 1. The number of thiazole rings is 1. The molecule has 0 unspecified atom stereocenters. The van der Waals surface area contributed by atoms with Gasteiger partial charge in [0.2, 0.25) is 5.91 Å². The van der Waals surface area contributed by atoms with Crippen molar-refractivity contribution in [3.8, 4) is 17.2 Å². The third-order valence-electron chi connectivity index (χ3n) is 4.40. The Kier molecular flexibility index (Phi) is 7.30. The standard InChI is InChI=1S/C23H26N2O4S/c1-15(2)12-13-29-17-10-8-16(14-19(17)28-4)9-11-21(26)24-23-25-22-18(27-3)6-5-7-20(22)30-23/h5-11,14-15H,12-13H2,1-4H3,(H,24,25,26)/b11-9+. The molecule has 0 saturated heterocycles. The zero-order chi connectivity index (χ0) is 21.5. The van der Waals surface area contributed by atoms with Gasteiger partial charge in [-0.25, -0.2) is 4.98 Å². The smallest absolute Gasteiger partial charge is 0.250 e. The van der Waals surface area contributed by atoms with Gasteiger partial charge in [0.1, 0.15) is 11.3 Å². The summed E-state index contributed by atoms with van der Waals surface area (Å²) >= 11 is 1.40. The van der Waals surface area contributed by atoms with Crippen molar-refractivity contribution in [2.45, 2.75) is 20.3 Å². The van der Waals surface area contributed by atoms with Gasteiger partial charge >= 0.3 is 0 Å². The van der Waals surface area contributed by atoms with Gasteiger partial charge in [-0.1, -0.05) is 37.3 Å². The van der Waals surface area contributed by atoms with E-state index in [0.29, 0.717) is 34.9 Å². The zero-order valence-corrected chi connectivity index (χ0v) is 18.4. The van der Waals surface area contributed by atoms with E-state index in [-0.39, 0.29) is 5.91 Å². The predicted molar refractivity (Wildman–Crippen MR) is 122 cm³/mol. The van der Waals surface area contributed by atoms with Crippen LogP contribution in [0.2, 0.25) is 0 Å². The molecule has 30 heavy (non-hydrogen) atoms. The fraction of sp³-hybridized carbons (Fsp3) is 0.304. The van der Waals surface area contributed by atoms with Gasteiger partial charge in [0.05, 0.1) is 25.5 Å². The first-order valence-corrected chi connectivity index (χ1v) is 10.5. The van der Waals surface area contributed by atoms with Gasteiger partial charge in [-0.2, -0.15) is 0 Å². The Morgan fingerprint density at radius 2 is 1.93 bits per heavy atom. The first kappa shape index (κ1) is 21.6. The van der Waals surface area contributed by atoms with E-state index >= 15 is 0 Å². The molecule has 0 atom stereocenters. The third-order valence-corrected chi connectivity index (χ3v) is 5.34. The molecule has 1 aromatic heterocycles. The van der Waals surface area contributed by atoms with E-state index in [0.717, 1.165) is 22.2 Å². The highest BCUT2D eigenvalue weighted by Crippen LogP contribution is 2.32. The first-order chi connectivity index (χ1) is 14.5. The molecule has 7 heteroatoms. The maximum absolute atomic E-state index is 12.3. The number of anilines is 1. The monoisotopic (exact) mass is 426 g/mol. The van der Waals surface area contributed by atoms with Crippen molar-refractivity contribution in [2.75, 3.05) is 26.1 Å². The van der Waals surface area contributed by atoms with Crippen molar-refractivity contribution in [3.05, 3.63) is 48.0 Å². The quantitative estimate of drug-likeness (QED) is 0.465. The summed E-state index contributed by atoms with van der Waals surface area (Å²) in [5.74, 6) is 2.34. The van der Waals surface area contributed by atoms with E-state index in [4.69, 9.17) is 14.2 Å². The molecule has 158 valence electrons. The van der Waals surface area contributed by atoms with Crippen LogP contribution in [0.1, 0.15) is 25.8 Å². The Balaban J connectivity index is 1.65. The molecule has 0 bridgehead atoms. The second kappa shape index (κ2) is 10.1. The average Bonchev–Trinajstić information content (AvgIpc) is 3.14. The Labute approximate surface area is 180 Å². The minimum Gasteiger partial charge on any atom is -0.494 e.